The number of rotatable bonds is 5. The topological polar surface area (TPSA) is 46.5 Å². The van der Waals surface area contributed by atoms with Gasteiger partial charge in [-0.25, -0.2) is 4.79 Å². The third-order valence-corrected chi connectivity index (χ3v) is 2.80. The van der Waals surface area contributed by atoms with Crippen molar-refractivity contribution in [1.82, 2.24) is 0 Å². The molecule has 0 aliphatic heterocycles. The summed E-state index contributed by atoms with van der Waals surface area (Å²) in [6.07, 6.45) is 2.65. The van der Waals surface area contributed by atoms with Gasteiger partial charge in [0, 0.05) is 6.08 Å². The van der Waals surface area contributed by atoms with Crippen LogP contribution >= 0.6 is 0 Å². The monoisotopic (exact) mass is 268 g/mol. The highest BCUT2D eigenvalue weighted by Gasteiger charge is 1.97. The normalized spacial score (nSPS) is 10.7. The van der Waals surface area contributed by atoms with Crippen molar-refractivity contribution in [3.63, 3.8) is 0 Å². The number of carbonyl (C=O) groups is 1. The largest absolute Gasteiger partial charge is 0.489 e. The summed E-state index contributed by atoms with van der Waals surface area (Å²) >= 11 is 0. The Morgan fingerprint density at radius 2 is 1.95 bits per heavy atom. The molecule has 2 rings (SSSR count). The first-order chi connectivity index (χ1) is 9.63. The van der Waals surface area contributed by atoms with Crippen LogP contribution in [0.15, 0.2) is 54.6 Å². The van der Waals surface area contributed by atoms with E-state index in [1.165, 1.54) is 5.56 Å². The predicted molar refractivity (Wildman–Crippen MR) is 78.6 cm³/mol. The van der Waals surface area contributed by atoms with E-state index in [9.17, 15) is 4.79 Å². The van der Waals surface area contributed by atoms with Crippen molar-refractivity contribution < 1.29 is 14.6 Å². The van der Waals surface area contributed by atoms with E-state index in [-0.39, 0.29) is 0 Å². The van der Waals surface area contributed by atoms with E-state index in [0.717, 1.165) is 23.0 Å². The zero-order chi connectivity index (χ0) is 14.4. The van der Waals surface area contributed by atoms with Crippen molar-refractivity contribution >= 4 is 12.0 Å². The van der Waals surface area contributed by atoms with Crippen LogP contribution in [0.5, 0.6) is 5.75 Å². The Labute approximate surface area is 118 Å². The van der Waals surface area contributed by atoms with Gasteiger partial charge in [-0.15, -0.1) is 0 Å². The first kappa shape index (κ1) is 13.9. The summed E-state index contributed by atoms with van der Waals surface area (Å²) in [6, 6.07) is 15.5. The number of hydrogen-bond acceptors (Lipinski definition) is 2. The van der Waals surface area contributed by atoms with E-state index in [0.29, 0.717) is 6.61 Å². The third kappa shape index (κ3) is 4.28. The molecule has 0 atom stereocenters. The summed E-state index contributed by atoms with van der Waals surface area (Å²) in [6.45, 7) is 2.54. The quantitative estimate of drug-likeness (QED) is 0.841. The Balaban J connectivity index is 2.01. The first-order valence-corrected chi connectivity index (χ1v) is 6.33. The lowest BCUT2D eigenvalue weighted by atomic mass is 10.1. The van der Waals surface area contributed by atoms with Crippen LogP contribution in [-0.2, 0) is 11.4 Å². The highest BCUT2D eigenvalue weighted by molar-refractivity contribution is 5.85. The highest BCUT2D eigenvalue weighted by atomic mass is 16.5. The number of carboxylic acid groups (broad SMARTS) is 1. The van der Waals surface area contributed by atoms with Gasteiger partial charge in [0.05, 0.1) is 0 Å². The second-order valence-corrected chi connectivity index (χ2v) is 4.52. The number of ether oxygens (including phenoxy) is 1. The molecule has 0 aliphatic carbocycles. The average Bonchev–Trinajstić information content (AvgIpc) is 2.45. The summed E-state index contributed by atoms with van der Waals surface area (Å²) in [5, 5.41) is 8.60. The second-order valence-electron chi connectivity index (χ2n) is 4.52. The molecule has 0 spiro atoms. The molecule has 3 heteroatoms. The first-order valence-electron chi connectivity index (χ1n) is 6.33. The SMILES string of the molecule is Cc1ccc(COc2cccc(C=CC(=O)O)c2)cc1. The Kier molecular flexibility index (Phi) is 4.56. The fourth-order valence-corrected chi connectivity index (χ4v) is 1.73. The summed E-state index contributed by atoms with van der Waals surface area (Å²) in [4.78, 5) is 10.5. The van der Waals surface area contributed by atoms with Gasteiger partial charge < -0.3 is 9.84 Å². The van der Waals surface area contributed by atoms with E-state index < -0.39 is 5.97 Å². The molecule has 0 amide bonds. The average molecular weight is 268 g/mol. The molecular weight excluding hydrogens is 252 g/mol. The van der Waals surface area contributed by atoms with Crippen molar-refractivity contribution in [2.45, 2.75) is 13.5 Å². The van der Waals surface area contributed by atoms with Crippen LogP contribution in [0.4, 0.5) is 0 Å². The van der Waals surface area contributed by atoms with Gasteiger partial charge >= 0.3 is 5.97 Å². The number of benzene rings is 2. The van der Waals surface area contributed by atoms with Crippen molar-refractivity contribution in [2.75, 3.05) is 0 Å². The lowest BCUT2D eigenvalue weighted by molar-refractivity contribution is -0.131. The predicted octanol–water partition coefficient (Wildman–Crippen LogP) is 3.67. The molecule has 0 unspecified atom stereocenters. The summed E-state index contributed by atoms with van der Waals surface area (Å²) in [7, 11) is 0. The smallest absolute Gasteiger partial charge is 0.328 e. The van der Waals surface area contributed by atoms with Crippen molar-refractivity contribution in [3.8, 4) is 5.75 Å². The molecule has 102 valence electrons. The molecule has 0 saturated carbocycles. The van der Waals surface area contributed by atoms with Gasteiger partial charge in [-0.2, -0.15) is 0 Å². The minimum atomic E-state index is -0.962. The van der Waals surface area contributed by atoms with Gasteiger partial charge in [-0.05, 0) is 36.3 Å². The van der Waals surface area contributed by atoms with Crippen molar-refractivity contribution in [3.05, 3.63) is 71.3 Å². The molecule has 20 heavy (non-hydrogen) atoms. The number of aryl methyl sites for hydroxylation is 1. The Morgan fingerprint density at radius 1 is 1.20 bits per heavy atom. The van der Waals surface area contributed by atoms with Crippen LogP contribution in [0.25, 0.3) is 6.08 Å². The standard InChI is InChI=1S/C17H16O3/c1-13-5-7-15(8-6-13)12-20-16-4-2-3-14(11-16)9-10-17(18)19/h2-11H,12H2,1H3,(H,18,19). The minimum Gasteiger partial charge on any atom is -0.489 e. The molecule has 1 N–H and O–H groups in total. The van der Waals surface area contributed by atoms with Crippen LogP contribution in [0.1, 0.15) is 16.7 Å². The van der Waals surface area contributed by atoms with Crippen LogP contribution in [0.3, 0.4) is 0 Å². The number of aliphatic carboxylic acids is 1. The molecule has 2 aromatic rings. The lowest BCUT2D eigenvalue weighted by Gasteiger charge is -2.07. The van der Waals surface area contributed by atoms with Gasteiger partial charge in [0.2, 0.25) is 0 Å². The number of hydrogen-bond donors (Lipinski definition) is 1. The van der Waals surface area contributed by atoms with E-state index >= 15 is 0 Å². The van der Waals surface area contributed by atoms with E-state index in [4.69, 9.17) is 9.84 Å². The van der Waals surface area contributed by atoms with Gasteiger partial charge in [0.25, 0.3) is 0 Å². The molecule has 0 radical (unpaired) electrons. The Bertz CT molecular complexity index is 612. The summed E-state index contributed by atoms with van der Waals surface area (Å²) in [5.41, 5.74) is 3.12. The maximum atomic E-state index is 10.5. The highest BCUT2D eigenvalue weighted by Crippen LogP contribution is 2.16. The maximum absolute atomic E-state index is 10.5. The van der Waals surface area contributed by atoms with Gasteiger partial charge in [-0.3, -0.25) is 0 Å². The fraction of sp³-hybridized carbons (Fsp3) is 0.118. The molecule has 0 aromatic heterocycles. The van der Waals surface area contributed by atoms with E-state index in [1.54, 1.807) is 6.08 Å². The summed E-state index contributed by atoms with van der Waals surface area (Å²) < 4.78 is 5.70. The van der Waals surface area contributed by atoms with E-state index in [2.05, 4.69) is 0 Å². The van der Waals surface area contributed by atoms with Gasteiger partial charge in [-0.1, -0.05) is 42.0 Å². The molecule has 3 nitrogen and oxygen atoms in total. The molecule has 0 fully saturated rings. The lowest BCUT2D eigenvalue weighted by Crippen LogP contribution is -1.95. The molecule has 0 bridgehead atoms. The zero-order valence-corrected chi connectivity index (χ0v) is 11.2. The molecule has 0 heterocycles. The summed E-state index contributed by atoms with van der Waals surface area (Å²) in [5.74, 6) is -0.242. The Hall–Kier alpha value is -2.55. The fourth-order valence-electron chi connectivity index (χ4n) is 1.73. The van der Waals surface area contributed by atoms with E-state index in [1.807, 2.05) is 55.5 Å². The van der Waals surface area contributed by atoms with Gasteiger partial charge in [0.15, 0.2) is 0 Å². The Morgan fingerprint density at radius 3 is 2.65 bits per heavy atom. The van der Waals surface area contributed by atoms with Crippen molar-refractivity contribution in [1.29, 1.82) is 0 Å². The zero-order valence-electron chi connectivity index (χ0n) is 11.2. The third-order valence-electron chi connectivity index (χ3n) is 2.80. The van der Waals surface area contributed by atoms with Crippen LogP contribution in [0, 0.1) is 6.92 Å². The molecule has 2 aromatic carbocycles. The van der Waals surface area contributed by atoms with Crippen molar-refractivity contribution in [2.24, 2.45) is 0 Å². The molecule has 0 aliphatic rings. The molecule has 0 saturated heterocycles. The molecular formula is C17H16O3. The minimum absolute atomic E-state index is 0.492. The van der Waals surface area contributed by atoms with Gasteiger partial charge in [0.1, 0.15) is 12.4 Å². The van der Waals surface area contributed by atoms with Crippen LogP contribution in [-0.4, -0.2) is 11.1 Å². The van der Waals surface area contributed by atoms with Crippen LogP contribution < -0.4 is 4.74 Å². The second kappa shape index (κ2) is 6.57. The number of carboxylic acids is 1. The maximum Gasteiger partial charge on any atom is 0.328 e. The van der Waals surface area contributed by atoms with Crippen LogP contribution in [0.2, 0.25) is 0 Å².